The lowest BCUT2D eigenvalue weighted by Crippen LogP contribution is -2.49. The SMILES string of the molecule is Cc1cccc(C2COc3cc(O)ccc3C2c2cc(F)c(N3CCC(CN4CCN(c5ccc6c(c5)CNC6=O)CC4)CC3)c(F)c2)c1. The van der Waals surface area contributed by atoms with Gasteiger partial charge in [0.05, 0.1) is 6.61 Å². The van der Waals surface area contributed by atoms with Gasteiger partial charge in [0.25, 0.3) is 5.91 Å². The van der Waals surface area contributed by atoms with Crippen molar-refractivity contribution < 1.29 is 23.4 Å². The van der Waals surface area contributed by atoms with Gasteiger partial charge in [-0.05, 0) is 78.8 Å². The Balaban J connectivity index is 0.927. The van der Waals surface area contributed by atoms with Gasteiger partial charge in [0.2, 0.25) is 0 Å². The van der Waals surface area contributed by atoms with Crippen LogP contribution in [-0.2, 0) is 6.54 Å². The summed E-state index contributed by atoms with van der Waals surface area (Å²) in [6.45, 7) is 9.01. The van der Waals surface area contributed by atoms with Gasteiger partial charge in [-0.15, -0.1) is 0 Å². The van der Waals surface area contributed by atoms with Crippen LogP contribution in [0.3, 0.4) is 0 Å². The number of amides is 1. The average Bonchev–Trinajstić information content (AvgIpc) is 3.48. The molecule has 4 heterocycles. The summed E-state index contributed by atoms with van der Waals surface area (Å²) in [5.41, 5.74) is 6.62. The molecule has 0 radical (unpaired) electrons. The minimum absolute atomic E-state index is 0.00985. The van der Waals surface area contributed by atoms with Gasteiger partial charge < -0.3 is 25.0 Å². The lowest BCUT2D eigenvalue weighted by molar-refractivity contribution is 0.0965. The zero-order valence-electron chi connectivity index (χ0n) is 27.8. The van der Waals surface area contributed by atoms with Crippen molar-refractivity contribution in [1.29, 1.82) is 0 Å². The fourth-order valence-electron chi connectivity index (χ4n) is 8.37. The Kier molecular flexibility index (Phi) is 8.39. The minimum Gasteiger partial charge on any atom is -0.508 e. The van der Waals surface area contributed by atoms with Crippen molar-refractivity contribution in [2.24, 2.45) is 5.92 Å². The van der Waals surface area contributed by atoms with Crippen molar-refractivity contribution in [3.05, 3.63) is 118 Å². The Morgan fingerprint density at radius 1 is 0.857 bits per heavy atom. The summed E-state index contributed by atoms with van der Waals surface area (Å²) >= 11 is 0. The summed E-state index contributed by atoms with van der Waals surface area (Å²) in [7, 11) is 0. The molecule has 2 atom stereocenters. The molecule has 9 heteroatoms. The molecule has 49 heavy (non-hydrogen) atoms. The number of carbonyl (C=O) groups is 1. The van der Waals surface area contributed by atoms with Crippen LogP contribution < -0.4 is 19.9 Å². The summed E-state index contributed by atoms with van der Waals surface area (Å²) in [4.78, 5) is 18.7. The third-order valence-electron chi connectivity index (χ3n) is 11.0. The molecule has 4 aromatic carbocycles. The number of carbonyl (C=O) groups excluding carboxylic acids is 1. The number of hydrogen-bond donors (Lipinski definition) is 2. The number of nitrogens with zero attached hydrogens (tertiary/aromatic N) is 3. The summed E-state index contributed by atoms with van der Waals surface area (Å²) in [5.74, 6) is -0.420. The molecule has 1 amide bonds. The number of nitrogens with one attached hydrogen (secondary N) is 1. The Bertz CT molecular complexity index is 1860. The van der Waals surface area contributed by atoms with Crippen LogP contribution in [0.15, 0.2) is 72.8 Å². The number of ether oxygens (including phenoxy) is 1. The highest BCUT2D eigenvalue weighted by Crippen LogP contribution is 2.48. The van der Waals surface area contributed by atoms with Gasteiger partial charge in [0.1, 0.15) is 28.8 Å². The van der Waals surface area contributed by atoms with Crippen molar-refractivity contribution in [3.8, 4) is 11.5 Å². The molecule has 2 N–H and O–H groups in total. The van der Waals surface area contributed by atoms with E-state index in [1.54, 1.807) is 18.2 Å². The van der Waals surface area contributed by atoms with Crippen molar-refractivity contribution >= 4 is 17.3 Å². The molecular formula is C40H42F2N4O3. The third-order valence-corrected chi connectivity index (χ3v) is 11.0. The van der Waals surface area contributed by atoms with Crippen LogP contribution in [0.4, 0.5) is 20.2 Å². The van der Waals surface area contributed by atoms with Gasteiger partial charge in [0.15, 0.2) is 0 Å². The molecule has 0 spiro atoms. The van der Waals surface area contributed by atoms with Crippen LogP contribution in [0.2, 0.25) is 0 Å². The Morgan fingerprint density at radius 2 is 1.63 bits per heavy atom. The minimum atomic E-state index is -0.536. The third kappa shape index (κ3) is 6.21. The largest absolute Gasteiger partial charge is 0.508 e. The molecule has 254 valence electrons. The molecular weight excluding hydrogens is 622 g/mol. The van der Waals surface area contributed by atoms with E-state index in [2.05, 4.69) is 33.3 Å². The number of phenolic OH excluding ortho intramolecular Hbond substituents is 1. The van der Waals surface area contributed by atoms with Crippen LogP contribution in [0.5, 0.6) is 11.5 Å². The van der Waals surface area contributed by atoms with Crippen molar-refractivity contribution in [1.82, 2.24) is 10.2 Å². The zero-order chi connectivity index (χ0) is 33.6. The maximum absolute atomic E-state index is 16.0. The maximum Gasteiger partial charge on any atom is 0.251 e. The van der Waals surface area contributed by atoms with Crippen LogP contribution in [-0.4, -0.2) is 68.3 Å². The number of anilines is 2. The quantitative estimate of drug-likeness (QED) is 0.243. The lowest BCUT2D eigenvalue weighted by Gasteiger charge is -2.40. The molecule has 2 saturated heterocycles. The standard InChI is InChI=1S/C40H42F2N4O3/c1-25-3-2-4-27(17-25)34-24-49-37-21-31(47)6-8-33(37)38(34)28-19-35(41)39(36(42)20-28)46-11-9-26(10-12-46)23-44-13-15-45(16-14-44)30-5-7-32-29(18-30)22-43-40(32)48/h2-8,17-21,26,34,38,47H,9-16,22-24H2,1H3,(H,43,48). The second kappa shape index (κ2) is 13.0. The van der Waals surface area contributed by atoms with E-state index < -0.39 is 11.6 Å². The van der Waals surface area contributed by atoms with Gasteiger partial charge in [-0.1, -0.05) is 35.9 Å². The summed E-state index contributed by atoms with van der Waals surface area (Å²) < 4.78 is 38.2. The molecule has 4 aromatic rings. The molecule has 4 aliphatic heterocycles. The number of phenols is 1. The van der Waals surface area contributed by atoms with E-state index in [1.165, 1.54) is 17.8 Å². The van der Waals surface area contributed by atoms with Gasteiger partial charge in [-0.2, -0.15) is 0 Å². The molecule has 0 aromatic heterocycles. The number of piperazine rings is 1. The van der Waals surface area contributed by atoms with E-state index in [1.807, 2.05) is 36.1 Å². The van der Waals surface area contributed by atoms with Gasteiger partial charge in [-0.3, -0.25) is 9.69 Å². The highest BCUT2D eigenvalue weighted by atomic mass is 19.1. The van der Waals surface area contributed by atoms with Crippen molar-refractivity contribution in [3.63, 3.8) is 0 Å². The average molecular weight is 665 g/mol. The van der Waals surface area contributed by atoms with Crippen LogP contribution in [0.25, 0.3) is 0 Å². The predicted molar refractivity (Wildman–Crippen MR) is 187 cm³/mol. The molecule has 7 nitrogen and oxygen atoms in total. The van der Waals surface area contributed by atoms with Crippen LogP contribution >= 0.6 is 0 Å². The number of rotatable bonds is 6. The Hall–Kier alpha value is -4.63. The molecule has 2 fully saturated rings. The molecule has 4 aliphatic rings. The Labute approximate surface area is 286 Å². The number of halogens is 2. The van der Waals surface area contributed by atoms with Gasteiger partial charge >= 0.3 is 0 Å². The van der Waals surface area contributed by atoms with E-state index in [9.17, 15) is 9.90 Å². The first kappa shape index (κ1) is 31.6. The molecule has 0 aliphatic carbocycles. The molecule has 0 saturated carbocycles. The number of aromatic hydroxyl groups is 1. The normalized spacial score (nSPS) is 21.2. The summed E-state index contributed by atoms with van der Waals surface area (Å²) in [5, 5.41) is 13.0. The van der Waals surface area contributed by atoms with E-state index in [4.69, 9.17) is 4.74 Å². The van der Waals surface area contributed by atoms with Crippen LogP contribution in [0, 0.1) is 24.5 Å². The Morgan fingerprint density at radius 3 is 2.39 bits per heavy atom. The van der Waals surface area contributed by atoms with Crippen molar-refractivity contribution in [2.75, 3.05) is 62.2 Å². The van der Waals surface area contributed by atoms with E-state index in [-0.39, 0.29) is 29.2 Å². The number of fused-ring (bicyclic) bond motifs is 2. The first-order chi connectivity index (χ1) is 23.8. The molecule has 2 unspecified atom stereocenters. The molecule has 0 bridgehead atoms. The monoisotopic (exact) mass is 664 g/mol. The predicted octanol–water partition coefficient (Wildman–Crippen LogP) is 6.57. The topological polar surface area (TPSA) is 68.3 Å². The first-order valence-corrected chi connectivity index (χ1v) is 17.5. The number of aryl methyl sites for hydroxylation is 1. The lowest BCUT2D eigenvalue weighted by atomic mass is 9.75. The van der Waals surface area contributed by atoms with E-state index >= 15 is 8.78 Å². The highest BCUT2D eigenvalue weighted by molar-refractivity contribution is 5.98. The van der Waals surface area contributed by atoms with Gasteiger partial charge in [0, 0.05) is 87.1 Å². The fourth-order valence-corrected chi connectivity index (χ4v) is 8.37. The molecule has 8 rings (SSSR count). The highest BCUT2D eigenvalue weighted by Gasteiger charge is 2.36. The van der Waals surface area contributed by atoms with Crippen molar-refractivity contribution in [2.45, 2.75) is 38.1 Å². The number of hydrogen-bond acceptors (Lipinski definition) is 6. The first-order valence-electron chi connectivity index (χ1n) is 17.5. The smallest absolute Gasteiger partial charge is 0.251 e. The van der Waals surface area contributed by atoms with Crippen LogP contribution in [0.1, 0.15) is 62.9 Å². The summed E-state index contributed by atoms with van der Waals surface area (Å²) in [6.07, 6.45) is 1.78. The second-order valence-electron chi connectivity index (χ2n) is 14.1. The number of piperidine rings is 1. The van der Waals surface area contributed by atoms with E-state index in [0.717, 1.165) is 73.4 Å². The number of benzene rings is 4. The van der Waals surface area contributed by atoms with Gasteiger partial charge in [-0.25, -0.2) is 8.78 Å². The van der Waals surface area contributed by atoms with E-state index in [0.29, 0.717) is 43.5 Å². The second-order valence-corrected chi connectivity index (χ2v) is 14.1. The fraction of sp³-hybridized carbons (Fsp3) is 0.375. The summed E-state index contributed by atoms with van der Waals surface area (Å²) in [6, 6.07) is 22.3. The maximum atomic E-state index is 16.0. The zero-order valence-corrected chi connectivity index (χ0v) is 27.8.